The summed E-state index contributed by atoms with van der Waals surface area (Å²) in [6.07, 6.45) is 0. The maximum Gasteiger partial charge on any atom is 0.217 e. The Morgan fingerprint density at radius 3 is 0.938 bits per heavy atom. The Kier molecular flexibility index (Phi) is 9.96. The van der Waals surface area contributed by atoms with Crippen LogP contribution in [0.3, 0.4) is 0 Å². The SMILES string of the molecule is c1cc(C2=NCCO2)cc(C2=NCCO2)c1.c1cc(C2=NCCO2)ccc1C1=NCCO1.c1ccc(C2=NCCO2)c(C2=NCCO2)c1. The molecule has 0 aromatic heterocycles. The van der Waals surface area contributed by atoms with Gasteiger partial charge in [0.25, 0.3) is 0 Å². The summed E-state index contributed by atoms with van der Waals surface area (Å²) in [5.74, 6) is 4.32. The molecule has 0 unspecified atom stereocenters. The summed E-state index contributed by atoms with van der Waals surface area (Å²) in [6, 6.07) is 23.8. The summed E-state index contributed by atoms with van der Waals surface area (Å²) in [5.41, 5.74) is 5.96. The fourth-order valence-corrected chi connectivity index (χ4v) is 5.43. The van der Waals surface area contributed by atoms with Crippen molar-refractivity contribution in [2.75, 3.05) is 78.9 Å². The van der Waals surface area contributed by atoms with Crippen LogP contribution < -0.4 is 0 Å². The van der Waals surface area contributed by atoms with Crippen molar-refractivity contribution in [2.24, 2.45) is 30.0 Å². The van der Waals surface area contributed by atoms with E-state index in [0.29, 0.717) is 51.4 Å². The third-order valence-electron chi connectivity index (χ3n) is 7.64. The van der Waals surface area contributed by atoms with E-state index in [2.05, 4.69) is 30.0 Å². The average molecular weight is 649 g/mol. The highest BCUT2D eigenvalue weighted by Crippen LogP contribution is 2.18. The number of nitrogens with zero attached hydrogens (tertiary/aromatic N) is 6. The molecule has 0 bridgehead atoms. The molecule has 9 rings (SSSR count). The largest absolute Gasteiger partial charge is 0.476 e. The predicted octanol–water partition coefficient (Wildman–Crippen LogP) is 3.72. The first-order chi connectivity index (χ1) is 23.8. The van der Waals surface area contributed by atoms with Crippen LogP contribution in [0.15, 0.2) is 103 Å². The molecule has 3 aromatic carbocycles. The molecule has 0 radical (unpaired) electrons. The van der Waals surface area contributed by atoms with Gasteiger partial charge in [-0.3, -0.25) is 0 Å². The number of hydrogen-bond acceptors (Lipinski definition) is 12. The number of hydrogen-bond donors (Lipinski definition) is 0. The summed E-state index contributed by atoms with van der Waals surface area (Å²) in [6.45, 7) is 8.53. The van der Waals surface area contributed by atoms with Crippen molar-refractivity contribution >= 4 is 35.4 Å². The first-order valence-corrected chi connectivity index (χ1v) is 16.2. The monoisotopic (exact) mass is 648 g/mol. The fraction of sp³-hybridized carbons (Fsp3) is 0.333. The minimum atomic E-state index is 0.664. The second-order valence-electron chi connectivity index (χ2n) is 10.9. The standard InChI is InChI=1S/3C12H12N2O2/c1-2-10(12-14-6-8-16-12)4-3-9(1)11-13-5-7-15-11;1-2-9(11-13-4-6-15-11)8-10(3-1)12-14-5-7-16-12;1-2-4-10(12-14-6-8-16-12)9(3-1)11-13-5-7-15-11/h1-4H,5-8H2;1-3,8H,4-7H2;1-4H,5-8H2. The van der Waals surface area contributed by atoms with Gasteiger partial charge < -0.3 is 28.4 Å². The molecule has 48 heavy (non-hydrogen) atoms. The van der Waals surface area contributed by atoms with Gasteiger partial charge in [0, 0.05) is 33.4 Å². The van der Waals surface area contributed by atoms with Crippen molar-refractivity contribution in [3.05, 3.63) is 106 Å². The number of rotatable bonds is 6. The minimum absolute atomic E-state index is 0.664. The third-order valence-corrected chi connectivity index (χ3v) is 7.64. The van der Waals surface area contributed by atoms with Crippen molar-refractivity contribution in [1.29, 1.82) is 0 Å². The summed E-state index contributed by atoms with van der Waals surface area (Å²) < 4.78 is 32.6. The molecule has 0 amide bonds. The Morgan fingerprint density at radius 2 is 0.625 bits per heavy atom. The van der Waals surface area contributed by atoms with Gasteiger partial charge in [-0.1, -0.05) is 18.2 Å². The van der Waals surface area contributed by atoms with E-state index in [9.17, 15) is 0 Å². The molecule has 6 heterocycles. The van der Waals surface area contributed by atoms with Crippen LogP contribution in [0, 0.1) is 0 Å². The predicted molar refractivity (Wildman–Crippen MR) is 183 cm³/mol. The molecule has 0 aliphatic carbocycles. The molecule has 246 valence electrons. The van der Waals surface area contributed by atoms with Gasteiger partial charge in [-0.15, -0.1) is 0 Å². The average Bonchev–Trinajstić information content (AvgIpc) is 4.01. The van der Waals surface area contributed by atoms with Gasteiger partial charge in [0.2, 0.25) is 35.4 Å². The number of ether oxygens (including phenoxy) is 6. The summed E-state index contributed by atoms with van der Waals surface area (Å²) in [7, 11) is 0. The smallest absolute Gasteiger partial charge is 0.217 e. The van der Waals surface area contributed by atoms with Gasteiger partial charge in [0.1, 0.15) is 39.6 Å². The molecule has 0 spiro atoms. The van der Waals surface area contributed by atoms with Crippen molar-refractivity contribution in [1.82, 2.24) is 0 Å². The Balaban J connectivity index is 0.000000114. The first kappa shape index (κ1) is 31.1. The zero-order chi connectivity index (χ0) is 32.4. The van der Waals surface area contributed by atoms with E-state index in [4.69, 9.17) is 28.4 Å². The van der Waals surface area contributed by atoms with Gasteiger partial charge in [-0.2, -0.15) is 0 Å². The molecule has 0 fully saturated rings. The Morgan fingerprint density at radius 1 is 0.312 bits per heavy atom. The van der Waals surface area contributed by atoms with E-state index in [1.807, 2.05) is 72.8 Å². The molecule has 12 heteroatoms. The zero-order valence-corrected chi connectivity index (χ0v) is 26.5. The van der Waals surface area contributed by atoms with Gasteiger partial charge in [-0.05, 0) is 54.6 Å². The molecule has 0 saturated heterocycles. The van der Waals surface area contributed by atoms with Gasteiger partial charge >= 0.3 is 0 Å². The third kappa shape index (κ3) is 7.54. The maximum atomic E-state index is 5.48. The van der Waals surface area contributed by atoms with Crippen molar-refractivity contribution in [2.45, 2.75) is 0 Å². The number of benzene rings is 3. The van der Waals surface area contributed by atoms with E-state index in [-0.39, 0.29) is 0 Å². The molecule has 0 atom stereocenters. The van der Waals surface area contributed by atoms with E-state index in [1.165, 1.54) is 0 Å². The Labute approximate surface area is 278 Å². The van der Waals surface area contributed by atoms with Crippen LogP contribution in [0.25, 0.3) is 0 Å². The quantitative estimate of drug-likeness (QED) is 0.401. The highest BCUT2D eigenvalue weighted by molar-refractivity contribution is 6.08. The fourth-order valence-electron chi connectivity index (χ4n) is 5.43. The number of aliphatic imine (C=N–C) groups is 6. The zero-order valence-electron chi connectivity index (χ0n) is 26.5. The van der Waals surface area contributed by atoms with Crippen molar-refractivity contribution in [3.8, 4) is 0 Å². The topological polar surface area (TPSA) is 130 Å². The molecule has 6 aliphatic rings. The van der Waals surface area contributed by atoms with Crippen LogP contribution in [0.1, 0.15) is 33.4 Å². The van der Waals surface area contributed by atoms with E-state index in [0.717, 1.165) is 96.2 Å². The van der Waals surface area contributed by atoms with Crippen LogP contribution in [-0.4, -0.2) is 114 Å². The van der Waals surface area contributed by atoms with Crippen LogP contribution in [0.4, 0.5) is 0 Å². The normalized spacial score (nSPS) is 18.8. The van der Waals surface area contributed by atoms with Crippen LogP contribution in [-0.2, 0) is 28.4 Å². The first-order valence-electron chi connectivity index (χ1n) is 16.2. The van der Waals surface area contributed by atoms with Crippen LogP contribution in [0.5, 0.6) is 0 Å². The molecule has 3 aromatic rings. The maximum absolute atomic E-state index is 5.48. The molecule has 12 nitrogen and oxygen atoms in total. The Bertz CT molecular complexity index is 1670. The highest BCUT2D eigenvalue weighted by atomic mass is 16.5. The van der Waals surface area contributed by atoms with Crippen molar-refractivity contribution < 1.29 is 28.4 Å². The van der Waals surface area contributed by atoms with Gasteiger partial charge in [0.05, 0.1) is 39.3 Å². The van der Waals surface area contributed by atoms with Gasteiger partial charge in [-0.25, -0.2) is 30.0 Å². The molecular weight excluding hydrogens is 612 g/mol. The summed E-state index contributed by atoms with van der Waals surface area (Å²) in [4.78, 5) is 25.8. The van der Waals surface area contributed by atoms with E-state index in [1.54, 1.807) is 0 Å². The van der Waals surface area contributed by atoms with Crippen LogP contribution >= 0.6 is 0 Å². The highest BCUT2D eigenvalue weighted by Gasteiger charge is 2.20. The molecule has 0 saturated carbocycles. The lowest BCUT2D eigenvalue weighted by atomic mass is 10.1. The lowest BCUT2D eigenvalue weighted by Gasteiger charge is -2.08. The lowest BCUT2D eigenvalue weighted by molar-refractivity contribution is 0.344. The Hall–Kier alpha value is -5.52. The molecule has 6 aliphatic heterocycles. The molecular formula is C36H36N6O6. The second-order valence-corrected chi connectivity index (χ2v) is 10.9. The minimum Gasteiger partial charge on any atom is -0.476 e. The van der Waals surface area contributed by atoms with Crippen molar-refractivity contribution in [3.63, 3.8) is 0 Å². The van der Waals surface area contributed by atoms with E-state index < -0.39 is 0 Å². The summed E-state index contributed by atoms with van der Waals surface area (Å²) in [5, 5.41) is 0. The molecule has 0 N–H and O–H groups in total. The second kappa shape index (κ2) is 15.4. The van der Waals surface area contributed by atoms with E-state index >= 15 is 0 Å². The van der Waals surface area contributed by atoms with Gasteiger partial charge in [0.15, 0.2) is 0 Å². The lowest BCUT2D eigenvalue weighted by Crippen LogP contribution is -2.11. The summed E-state index contributed by atoms with van der Waals surface area (Å²) >= 11 is 0. The van der Waals surface area contributed by atoms with Crippen LogP contribution in [0.2, 0.25) is 0 Å².